The van der Waals surface area contributed by atoms with Gasteiger partial charge in [-0.1, -0.05) is 38.8 Å². The van der Waals surface area contributed by atoms with E-state index in [1.54, 1.807) is 0 Å². The number of furan rings is 1. The molecule has 0 aliphatic heterocycles. The Morgan fingerprint density at radius 2 is 1.96 bits per heavy atom. The summed E-state index contributed by atoms with van der Waals surface area (Å²) < 4.78 is 11.6. The van der Waals surface area contributed by atoms with Crippen molar-refractivity contribution in [2.45, 2.75) is 53.1 Å². The van der Waals surface area contributed by atoms with E-state index < -0.39 is 5.97 Å². The van der Waals surface area contributed by atoms with E-state index in [4.69, 9.17) is 14.3 Å². The molecule has 0 fully saturated rings. The molecule has 1 heterocycles. The number of benzene rings is 1. The van der Waals surface area contributed by atoms with Crippen LogP contribution in [-0.2, 0) is 17.9 Å². The van der Waals surface area contributed by atoms with Crippen molar-refractivity contribution in [3.63, 3.8) is 0 Å². The van der Waals surface area contributed by atoms with Crippen LogP contribution in [0.2, 0.25) is 0 Å². The van der Waals surface area contributed by atoms with Gasteiger partial charge in [-0.25, -0.2) is 0 Å². The highest BCUT2D eigenvalue weighted by molar-refractivity contribution is 5.66. The first kappa shape index (κ1) is 21.0. The minimum atomic E-state index is -0.794. The summed E-state index contributed by atoms with van der Waals surface area (Å²) in [5.41, 5.74) is 1.10. The normalized spacial score (nSPS) is 11.3. The molecule has 0 aliphatic rings. The number of nitrogens with zero attached hydrogens (tertiary/aromatic N) is 1. The van der Waals surface area contributed by atoms with Gasteiger partial charge < -0.3 is 14.3 Å². The van der Waals surface area contributed by atoms with Gasteiger partial charge in [-0.15, -0.1) is 0 Å². The third kappa shape index (κ3) is 7.47. The second kappa shape index (κ2) is 10.8. The van der Waals surface area contributed by atoms with Crippen LogP contribution in [0.4, 0.5) is 0 Å². The van der Waals surface area contributed by atoms with Gasteiger partial charge in [-0.05, 0) is 42.7 Å². The van der Waals surface area contributed by atoms with Crippen LogP contribution in [0.1, 0.15) is 50.2 Å². The Balaban J connectivity index is 2.02. The van der Waals surface area contributed by atoms with Gasteiger partial charge in [0.2, 0.25) is 0 Å². The summed E-state index contributed by atoms with van der Waals surface area (Å²) in [4.78, 5) is 13.1. The minimum absolute atomic E-state index is 0.102. The summed E-state index contributed by atoms with van der Waals surface area (Å²) in [6.45, 7) is 8.70. The van der Waals surface area contributed by atoms with Crippen molar-refractivity contribution >= 4 is 5.97 Å². The van der Waals surface area contributed by atoms with Crippen molar-refractivity contribution in [1.29, 1.82) is 0 Å². The average Bonchev–Trinajstić information content (AvgIpc) is 3.05. The fourth-order valence-electron chi connectivity index (χ4n) is 2.99. The van der Waals surface area contributed by atoms with Crippen LogP contribution in [0.15, 0.2) is 40.8 Å². The first-order valence-corrected chi connectivity index (χ1v) is 9.71. The molecule has 0 amide bonds. The van der Waals surface area contributed by atoms with Gasteiger partial charge in [0.05, 0.1) is 19.6 Å². The number of ether oxygens (including phenoxy) is 1. The lowest BCUT2D eigenvalue weighted by molar-refractivity contribution is -0.137. The highest BCUT2D eigenvalue weighted by atomic mass is 16.5. The molecular weight excluding hydrogens is 342 g/mol. The summed E-state index contributed by atoms with van der Waals surface area (Å²) in [7, 11) is 0. The van der Waals surface area contributed by atoms with Crippen LogP contribution in [0.5, 0.6) is 5.75 Å². The predicted octanol–water partition coefficient (Wildman–Crippen LogP) is 4.88. The number of aliphatic carboxylic acids is 1. The van der Waals surface area contributed by atoms with Crippen LogP contribution in [-0.4, -0.2) is 29.1 Å². The fraction of sp³-hybridized carbons (Fsp3) is 0.500. The summed E-state index contributed by atoms with van der Waals surface area (Å²) >= 11 is 0. The van der Waals surface area contributed by atoms with Crippen molar-refractivity contribution in [2.24, 2.45) is 5.92 Å². The predicted molar refractivity (Wildman–Crippen MR) is 106 cm³/mol. The molecule has 0 bridgehead atoms. The standard InChI is InChI=1S/C22H31NO4/c1-4-18(5-2)16-26-20-8-6-7-19(13-20)14-23(12-11-22(24)25)15-21-10-9-17(3)27-21/h6-10,13,18H,4-5,11-12,14-16H2,1-3H3,(H,24,25). The fourth-order valence-corrected chi connectivity index (χ4v) is 2.99. The summed E-state index contributed by atoms with van der Waals surface area (Å²) in [6, 6.07) is 11.9. The maximum Gasteiger partial charge on any atom is 0.304 e. The minimum Gasteiger partial charge on any atom is -0.493 e. The first-order chi connectivity index (χ1) is 13.0. The van der Waals surface area contributed by atoms with E-state index in [1.807, 2.05) is 43.3 Å². The molecule has 0 atom stereocenters. The maximum atomic E-state index is 11.0. The van der Waals surface area contributed by atoms with Crippen LogP contribution < -0.4 is 4.74 Å². The van der Waals surface area contributed by atoms with Crippen LogP contribution in [0.25, 0.3) is 0 Å². The number of carboxylic acid groups (broad SMARTS) is 1. The number of hydrogen-bond donors (Lipinski definition) is 1. The number of hydrogen-bond acceptors (Lipinski definition) is 4. The zero-order valence-corrected chi connectivity index (χ0v) is 16.6. The molecule has 1 aromatic carbocycles. The van der Waals surface area contributed by atoms with Gasteiger partial charge in [0.1, 0.15) is 17.3 Å². The van der Waals surface area contributed by atoms with Gasteiger partial charge in [0.25, 0.3) is 0 Å². The van der Waals surface area contributed by atoms with Gasteiger partial charge in [0, 0.05) is 13.1 Å². The molecule has 148 valence electrons. The van der Waals surface area contributed by atoms with Crippen LogP contribution in [0, 0.1) is 12.8 Å². The van der Waals surface area contributed by atoms with Crippen molar-refractivity contribution < 1.29 is 19.1 Å². The second-order valence-corrected chi connectivity index (χ2v) is 7.01. The third-order valence-electron chi connectivity index (χ3n) is 4.76. The topological polar surface area (TPSA) is 62.9 Å². The molecule has 0 saturated heterocycles. The Morgan fingerprint density at radius 1 is 1.19 bits per heavy atom. The Kier molecular flexibility index (Phi) is 8.40. The van der Waals surface area contributed by atoms with E-state index in [1.165, 1.54) is 0 Å². The van der Waals surface area contributed by atoms with E-state index in [0.717, 1.165) is 42.3 Å². The highest BCUT2D eigenvalue weighted by Gasteiger charge is 2.12. The quantitative estimate of drug-likeness (QED) is 0.574. The lowest BCUT2D eigenvalue weighted by Crippen LogP contribution is -2.25. The molecule has 5 nitrogen and oxygen atoms in total. The SMILES string of the molecule is CCC(CC)COc1cccc(CN(CCC(=O)O)Cc2ccc(C)o2)c1. The summed E-state index contributed by atoms with van der Waals surface area (Å²) in [5, 5.41) is 9.04. The zero-order chi connectivity index (χ0) is 19.6. The van der Waals surface area contributed by atoms with E-state index in [9.17, 15) is 4.79 Å². The van der Waals surface area contributed by atoms with E-state index in [0.29, 0.717) is 25.6 Å². The summed E-state index contributed by atoms with van der Waals surface area (Å²) in [6.07, 6.45) is 2.33. The second-order valence-electron chi connectivity index (χ2n) is 7.01. The van der Waals surface area contributed by atoms with Crippen molar-refractivity contribution in [3.8, 4) is 5.75 Å². The molecule has 5 heteroatoms. The smallest absolute Gasteiger partial charge is 0.304 e. The Morgan fingerprint density at radius 3 is 2.59 bits per heavy atom. The zero-order valence-electron chi connectivity index (χ0n) is 16.6. The molecule has 2 aromatic rings. The Bertz CT molecular complexity index is 706. The summed E-state index contributed by atoms with van der Waals surface area (Å²) in [5.74, 6) is 2.35. The maximum absolute atomic E-state index is 11.0. The molecule has 2 rings (SSSR count). The number of aryl methyl sites for hydroxylation is 1. The lowest BCUT2D eigenvalue weighted by atomic mass is 10.1. The molecule has 0 aliphatic carbocycles. The van der Waals surface area contributed by atoms with Crippen molar-refractivity contribution in [2.75, 3.05) is 13.2 Å². The Labute approximate surface area is 161 Å². The molecular formula is C22H31NO4. The Hall–Kier alpha value is -2.27. The van der Waals surface area contributed by atoms with Crippen molar-refractivity contribution in [1.82, 2.24) is 4.90 Å². The first-order valence-electron chi connectivity index (χ1n) is 9.71. The van der Waals surface area contributed by atoms with Gasteiger partial charge in [-0.3, -0.25) is 9.69 Å². The molecule has 1 N–H and O–H groups in total. The number of carbonyl (C=O) groups is 1. The molecule has 0 spiro atoms. The van der Waals surface area contributed by atoms with Gasteiger partial charge in [0.15, 0.2) is 0 Å². The monoisotopic (exact) mass is 373 g/mol. The molecule has 27 heavy (non-hydrogen) atoms. The number of carboxylic acids is 1. The molecule has 1 aromatic heterocycles. The highest BCUT2D eigenvalue weighted by Crippen LogP contribution is 2.19. The van der Waals surface area contributed by atoms with Crippen LogP contribution >= 0.6 is 0 Å². The lowest BCUT2D eigenvalue weighted by Gasteiger charge is -2.21. The largest absolute Gasteiger partial charge is 0.493 e. The van der Waals surface area contributed by atoms with Crippen LogP contribution in [0.3, 0.4) is 0 Å². The van der Waals surface area contributed by atoms with Crippen molar-refractivity contribution in [3.05, 3.63) is 53.5 Å². The van der Waals surface area contributed by atoms with E-state index in [2.05, 4.69) is 18.7 Å². The van der Waals surface area contributed by atoms with E-state index in [-0.39, 0.29) is 6.42 Å². The number of rotatable bonds is 12. The van der Waals surface area contributed by atoms with Gasteiger partial charge >= 0.3 is 5.97 Å². The molecule has 0 saturated carbocycles. The van der Waals surface area contributed by atoms with Gasteiger partial charge in [-0.2, -0.15) is 0 Å². The molecule has 0 radical (unpaired) electrons. The average molecular weight is 373 g/mol. The van der Waals surface area contributed by atoms with E-state index >= 15 is 0 Å². The molecule has 0 unspecified atom stereocenters. The third-order valence-corrected chi connectivity index (χ3v) is 4.76.